The zero-order chi connectivity index (χ0) is 32.4. The summed E-state index contributed by atoms with van der Waals surface area (Å²) in [4.78, 5) is 2.55. The molecule has 0 heterocycles. The number of benzene rings is 7. The van der Waals surface area contributed by atoms with Crippen LogP contribution in [0.2, 0.25) is 0 Å². The van der Waals surface area contributed by atoms with Crippen LogP contribution in [-0.4, -0.2) is 0 Å². The molecule has 4 aliphatic rings. The van der Waals surface area contributed by atoms with Crippen molar-refractivity contribution < 1.29 is 0 Å². The highest BCUT2D eigenvalue weighted by Crippen LogP contribution is 2.62. The van der Waals surface area contributed by atoms with Crippen molar-refractivity contribution in [3.63, 3.8) is 0 Å². The molecule has 0 aromatic heterocycles. The van der Waals surface area contributed by atoms with E-state index in [0.29, 0.717) is 0 Å². The first-order valence-corrected chi connectivity index (χ1v) is 18.3. The van der Waals surface area contributed by atoms with Crippen molar-refractivity contribution in [2.24, 2.45) is 17.8 Å². The van der Waals surface area contributed by atoms with Gasteiger partial charge in [0, 0.05) is 17.1 Å². The van der Waals surface area contributed by atoms with Crippen molar-refractivity contribution in [1.29, 1.82) is 0 Å². The van der Waals surface area contributed by atoms with Crippen LogP contribution in [0.3, 0.4) is 0 Å². The highest BCUT2D eigenvalue weighted by Gasteiger charge is 2.52. The van der Waals surface area contributed by atoms with Crippen molar-refractivity contribution in [3.8, 4) is 22.3 Å². The molecule has 4 fully saturated rings. The summed E-state index contributed by atoms with van der Waals surface area (Å²) in [5, 5.41) is 5.15. The number of anilines is 3. The summed E-state index contributed by atoms with van der Waals surface area (Å²) in [5.41, 5.74) is 10.7. The molecular formula is C48H41N. The Bertz CT molecular complexity index is 2140. The van der Waals surface area contributed by atoms with Gasteiger partial charge in [0.15, 0.2) is 0 Å². The maximum absolute atomic E-state index is 2.55. The fourth-order valence-electron chi connectivity index (χ4n) is 10.5. The van der Waals surface area contributed by atoms with Crippen molar-refractivity contribution >= 4 is 38.6 Å². The smallest absolute Gasteiger partial charge is 0.0499 e. The van der Waals surface area contributed by atoms with E-state index < -0.39 is 0 Å². The molecule has 11 rings (SSSR count). The van der Waals surface area contributed by atoms with Gasteiger partial charge in [-0.05, 0) is 141 Å². The molecule has 4 aliphatic carbocycles. The second kappa shape index (κ2) is 11.5. The third-order valence-electron chi connectivity index (χ3n) is 12.2. The Balaban J connectivity index is 1.10. The van der Waals surface area contributed by atoms with Gasteiger partial charge in [-0.2, -0.15) is 0 Å². The predicted octanol–water partition coefficient (Wildman–Crippen LogP) is 13.3. The zero-order valence-electron chi connectivity index (χ0n) is 27.9. The molecule has 238 valence electrons. The van der Waals surface area contributed by atoms with Gasteiger partial charge in [0.1, 0.15) is 0 Å². The summed E-state index contributed by atoms with van der Waals surface area (Å²) < 4.78 is 0. The zero-order valence-corrected chi connectivity index (χ0v) is 27.9. The fraction of sp³-hybridized carbons (Fsp3) is 0.208. The molecule has 0 spiro atoms. The lowest BCUT2D eigenvalue weighted by Gasteiger charge is -2.57. The molecule has 4 saturated carbocycles. The van der Waals surface area contributed by atoms with Crippen molar-refractivity contribution in [2.75, 3.05) is 4.90 Å². The normalized spacial score (nSPS) is 22.5. The minimum atomic E-state index is 0.287. The van der Waals surface area contributed by atoms with Gasteiger partial charge >= 0.3 is 0 Å². The van der Waals surface area contributed by atoms with Crippen LogP contribution in [0.1, 0.15) is 44.1 Å². The van der Waals surface area contributed by atoms with Crippen LogP contribution in [0.5, 0.6) is 0 Å². The summed E-state index contributed by atoms with van der Waals surface area (Å²) in [7, 11) is 0. The Hall–Kier alpha value is -5.14. The van der Waals surface area contributed by atoms with E-state index in [0.717, 1.165) is 17.8 Å². The lowest BCUT2D eigenvalue weighted by Crippen LogP contribution is -2.48. The van der Waals surface area contributed by atoms with Crippen LogP contribution in [0.25, 0.3) is 43.8 Å². The van der Waals surface area contributed by atoms with Gasteiger partial charge < -0.3 is 4.90 Å². The molecule has 4 bridgehead atoms. The SMILES string of the molecule is c1ccc(C23CC4CC(CC(C4)C2)C3)c(N(c2ccc(-c3cccc4ccccc34)cc2)c2ccc(-c3cccc4ccccc34)cc2)c1. The average molecular weight is 632 g/mol. The molecule has 0 amide bonds. The first-order valence-electron chi connectivity index (χ1n) is 18.3. The van der Waals surface area contributed by atoms with Gasteiger partial charge in [0.25, 0.3) is 0 Å². The van der Waals surface area contributed by atoms with E-state index in [1.165, 1.54) is 99.4 Å². The molecule has 7 aromatic carbocycles. The molecule has 0 atom stereocenters. The number of hydrogen-bond donors (Lipinski definition) is 0. The first-order chi connectivity index (χ1) is 24.2. The standard InChI is InChI=1S/C48H41N/c1-3-13-42-36(9-1)11-7-15-44(42)38-19-23-40(24-20-38)49(41-25-21-39(22-26-41)45-16-8-12-37-10-2-4-14-43(37)45)47-18-6-5-17-46(47)48-30-33-27-34(31-48)29-35(28-33)32-48/h1-26,33-35H,27-32H2. The maximum atomic E-state index is 2.55. The summed E-state index contributed by atoms with van der Waals surface area (Å²) in [6.07, 6.45) is 8.42. The van der Waals surface area contributed by atoms with E-state index in [9.17, 15) is 0 Å². The third-order valence-corrected chi connectivity index (χ3v) is 12.2. The number of para-hydroxylation sites is 1. The molecule has 0 radical (unpaired) electrons. The predicted molar refractivity (Wildman–Crippen MR) is 207 cm³/mol. The minimum Gasteiger partial charge on any atom is -0.310 e. The highest BCUT2D eigenvalue weighted by atomic mass is 15.1. The Morgan fingerprint density at radius 3 is 1.35 bits per heavy atom. The van der Waals surface area contributed by atoms with Gasteiger partial charge in [0.05, 0.1) is 0 Å². The number of nitrogens with zero attached hydrogens (tertiary/aromatic N) is 1. The largest absolute Gasteiger partial charge is 0.310 e. The van der Waals surface area contributed by atoms with Gasteiger partial charge in [-0.1, -0.05) is 127 Å². The number of fused-ring (bicyclic) bond motifs is 2. The Labute approximate surface area is 289 Å². The molecule has 0 unspecified atom stereocenters. The summed E-state index contributed by atoms with van der Waals surface area (Å²) in [5.74, 6) is 2.69. The van der Waals surface area contributed by atoms with E-state index in [1.807, 2.05) is 0 Å². The van der Waals surface area contributed by atoms with Crippen molar-refractivity contribution in [3.05, 3.63) is 163 Å². The monoisotopic (exact) mass is 631 g/mol. The average Bonchev–Trinajstić information content (AvgIpc) is 3.15. The van der Waals surface area contributed by atoms with Gasteiger partial charge in [0.2, 0.25) is 0 Å². The maximum Gasteiger partial charge on any atom is 0.0499 e. The molecular weight excluding hydrogens is 591 g/mol. The van der Waals surface area contributed by atoms with E-state index in [2.05, 4.69) is 163 Å². The van der Waals surface area contributed by atoms with Crippen LogP contribution in [-0.2, 0) is 5.41 Å². The second-order valence-corrected chi connectivity index (χ2v) is 15.2. The fourth-order valence-corrected chi connectivity index (χ4v) is 10.5. The lowest BCUT2D eigenvalue weighted by molar-refractivity contribution is -0.00491. The molecule has 0 N–H and O–H groups in total. The quantitative estimate of drug-likeness (QED) is 0.176. The van der Waals surface area contributed by atoms with Gasteiger partial charge in [-0.25, -0.2) is 0 Å². The van der Waals surface area contributed by atoms with Gasteiger partial charge in [-0.3, -0.25) is 0 Å². The Morgan fingerprint density at radius 1 is 0.408 bits per heavy atom. The number of rotatable bonds is 6. The van der Waals surface area contributed by atoms with Crippen LogP contribution in [0, 0.1) is 17.8 Å². The van der Waals surface area contributed by atoms with E-state index in [-0.39, 0.29) is 5.41 Å². The summed E-state index contributed by atoms with van der Waals surface area (Å²) in [6, 6.07) is 58.8. The Morgan fingerprint density at radius 2 is 0.837 bits per heavy atom. The summed E-state index contributed by atoms with van der Waals surface area (Å²) >= 11 is 0. The van der Waals surface area contributed by atoms with Crippen LogP contribution in [0.4, 0.5) is 17.1 Å². The molecule has 49 heavy (non-hydrogen) atoms. The van der Waals surface area contributed by atoms with Crippen LogP contribution >= 0.6 is 0 Å². The van der Waals surface area contributed by atoms with Crippen molar-refractivity contribution in [1.82, 2.24) is 0 Å². The second-order valence-electron chi connectivity index (χ2n) is 15.2. The van der Waals surface area contributed by atoms with E-state index in [1.54, 1.807) is 5.56 Å². The van der Waals surface area contributed by atoms with Crippen LogP contribution < -0.4 is 4.90 Å². The lowest BCUT2D eigenvalue weighted by atomic mass is 9.48. The third kappa shape index (κ3) is 4.90. The van der Waals surface area contributed by atoms with Crippen LogP contribution in [0.15, 0.2) is 158 Å². The van der Waals surface area contributed by atoms with E-state index in [4.69, 9.17) is 0 Å². The molecule has 1 nitrogen and oxygen atoms in total. The molecule has 0 saturated heterocycles. The topological polar surface area (TPSA) is 3.24 Å². The molecule has 1 heteroatoms. The highest BCUT2D eigenvalue weighted by molar-refractivity contribution is 5.98. The van der Waals surface area contributed by atoms with E-state index >= 15 is 0 Å². The molecule has 7 aromatic rings. The van der Waals surface area contributed by atoms with Crippen molar-refractivity contribution in [2.45, 2.75) is 43.9 Å². The van der Waals surface area contributed by atoms with Gasteiger partial charge in [-0.15, -0.1) is 0 Å². The minimum absolute atomic E-state index is 0.287. The number of hydrogen-bond acceptors (Lipinski definition) is 1. The Kier molecular flexibility index (Phi) is 6.76. The summed E-state index contributed by atoms with van der Waals surface area (Å²) in [6.45, 7) is 0. The first kappa shape index (κ1) is 28.8. The molecule has 0 aliphatic heterocycles.